The molecule has 26 heavy (non-hydrogen) atoms. The van der Waals surface area contributed by atoms with Gasteiger partial charge in [-0.3, -0.25) is 9.59 Å². The highest BCUT2D eigenvalue weighted by atomic mass is 16.7. The Bertz CT molecular complexity index is 835. The molecule has 0 aliphatic carbocycles. The van der Waals surface area contributed by atoms with Gasteiger partial charge in [-0.25, -0.2) is 0 Å². The highest BCUT2D eigenvalue weighted by Gasteiger charge is 2.18. The van der Waals surface area contributed by atoms with Gasteiger partial charge >= 0.3 is 0 Å². The molecule has 0 aromatic heterocycles. The van der Waals surface area contributed by atoms with E-state index in [2.05, 4.69) is 10.6 Å². The summed E-state index contributed by atoms with van der Waals surface area (Å²) in [5.74, 6) is 0.662. The van der Waals surface area contributed by atoms with Gasteiger partial charge in [-0.2, -0.15) is 0 Å². The van der Waals surface area contributed by atoms with Crippen LogP contribution in [0.1, 0.15) is 26.3 Å². The van der Waals surface area contributed by atoms with Crippen molar-refractivity contribution >= 4 is 17.5 Å². The highest BCUT2D eigenvalue weighted by Crippen LogP contribution is 2.32. The van der Waals surface area contributed by atoms with Crippen LogP contribution in [0, 0.1) is 6.92 Å². The summed E-state index contributed by atoms with van der Waals surface area (Å²) in [7, 11) is 1.57. The fourth-order valence-electron chi connectivity index (χ4n) is 2.61. The number of hydrogen-bond donors (Lipinski definition) is 2. The number of benzene rings is 2. The van der Waals surface area contributed by atoms with E-state index in [1.807, 2.05) is 0 Å². The lowest BCUT2D eigenvalue weighted by Gasteiger charge is -2.13. The first kappa shape index (κ1) is 17.8. The Labute approximate surface area is 151 Å². The molecule has 3 rings (SSSR count). The summed E-state index contributed by atoms with van der Waals surface area (Å²) in [6, 6.07) is 10.2. The molecule has 2 amide bonds. The zero-order chi connectivity index (χ0) is 18.5. The lowest BCUT2D eigenvalue weighted by Crippen LogP contribution is -2.27. The molecule has 0 atom stereocenters. The molecule has 2 N–H and O–H groups in total. The fourth-order valence-corrected chi connectivity index (χ4v) is 2.61. The van der Waals surface area contributed by atoms with Crippen molar-refractivity contribution in [3.63, 3.8) is 0 Å². The number of nitrogens with one attached hydrogen (secondary N) is 2. The van der Waals surface area contributed by atoms with Gasteiger partial charge in [-0.05, 0) is 42.8 Å². The van der Waals surface area contributed by atoms with Gasteiger partial charge in [0.05, 0.1) is 6.61 Å². The van der Waals surface area contributed by atoms with Crippen LogP contribution in [-0.2, 0) is 4.74 Å². The number of methoxy groups -OCH3 is 1. The predicted octanol–water partition coefficient (Wildman–Crippen LogP) is 2.35. The second-order valence-corrected chi connectivity index (χ2v) is 5.75. The summed E-state index contributed by atoms with van der Waals surface area (Å²) in [6.07, 6.45) is 0. The SMILES string of the molecule is COCCNC(=O)c1cccc(NC(=O)c2ccc3c(c2)OCO3)c1C. The van der Waals surface area contributed by atoms with Gasteiger partial charge in [-0.1, -0.05) is 6.07 Å². The number of ether oxygens (including phenoxy) is 3. The van der Waals surface area contributed by atoms with Crippen molar-refractivity contribution in [3.8, 4) is 11.5 Å². The number of hydrogen-bond acceptors (Lipinski definition) is 5. The van der Waals surface area contributed by atoms with E-state index < -0.39 is 0 Å². The molecule has 0 radical (unpaired) electrons. The molecule has 0 saturated heterocycles. The van der Waals surface area contributed by atoms with Gasteiger partial charge in [-0.15, -0.1) is 0 Å². The van der Waals surface area contributed by atoms with Gasteiger partial charge in [0.15, 0.2) is 11.5 Å². The Morgan fingerprint density at radius 2 is 1.92 bits per heavy atom. The molecule has 2 aromatic carbocycles. The Hall–Kier alpha value is -3.06. The maximum Gasteiger partial charge on any atom is 0.255 e. The lowest BCUT2D eigenvalue weighted by atomic mass is 10.1. The summed E-state index contributed by atoms with van der Waals surface area (Å²) in [5.41, 5.74) is 2.22. The van der Waals surface area contributed by atoms with Crippen LogP contribution in [0.25, 0.3) is 0 Å². The van der Waals surface area contributed by atoms with Crippen LogP contribution >= 0.6 is 0 Å². The van der Waals surface area contributed by atoms with E-state index in [-0.39, 0.29) is 18.6 Å². The van der Waals surface area contributed by atoms with Crippen molar-refractivity contribution in [3.05, 3.63) is 53.1 Å². The number of carbonyl (C=O) groups is 2. The van der Waals surface area contributed by atoms with Crippen LogP contribution in [-0.4, -0.2) is 38.9 Å². The third-order valence-electron chi connectivity index (χ3n) is 4.05. The molecule has 1 heterocycles. The molecule has 0 unspecified atom stereocenters. The summed E-state index contributed by atoms with van der Waals surface area (Å²) in [4.78, 5) is 24.8. The molecule has 136 valence electrons. The first-order valence-electron chi connectivity index (χ1n) is 8.18. The first-order chi connectivity index (χ1) is 12.6. The van der Waals surface area contributed by atoms with Crippen LogP contribution < -0.4 is 20.1 Å². The molecular weight excluding hydrogens is 336 g/mol. The van der Waals surface area contributed by atoms with Crippen molar-refractivity contribution in [2.45, 2.75) is 6.92 Å². The van der Waals surface area contributed by atoms with Crippen molar-refractivity contribution in [1.82, 2.24) is 5.32 Å². The minimum Gasteiger partial charge on any atom is -0.454 e. The molecule has 0 saturated carbocycles. The summed E-state index contributed by atoms with van der Waals surface area (Å²) < 4.78 is 15.5. The predicted molar refractivity (Wildman–Crippen MR) is 95.9 cm³/mol. The number of amides is 2. The maximum atomic E-state index is 12.5. The normalized spacial score (nSPS) is 11.9. The van der Waals surface area contributed by atoms with Gasteiger partial charge in [0.2, 0.25) is 6.79 Å². The summed E-state index contributed by atoms with van der Waals surface area (Å²) in [6.45, 7) is 2.80. The van der Waals surface area contributed by atoms with Crippen LogP contribution in [0.4, 0.5) is 5.69 Å². The van der Waals surface area contributed by atoms with Crippen molar-refractivity contribution in [1.29, 1.82) is 0 Å². The second kappa shape index (κ2) is 7.88. The number of carbonyl (C=O) groups excluding carboxylic acids is 2. The third-order valence-corrected chi connectivity index (χ3v) is 4.05. The lowest BCUT2D eigenvalue weighted by molar-refractivity contribution is 0.0935. The van der Waals surface area contributed by atoms with Crippen LogP contribution in [0.3, 0.4) is 0 Å². The largest absolute Gasteiger partial charge is 0.454 e. The standard InChI is InChI=1S/C19H20N2O5/c1-12-14(19(23)20-8-9-24-2)4-3-5-15(12)21-18(22)13-6-7-16-17(10-13)26-11-25-16/h3-7,10H,8-9,11H2,1-2H3,(H,20,23)(H,21,22). The molecule has 0 fully saturated rings. The monoisotopic (exact) mass is 356 g/mol. The molecule has 2 aromatic rings. The Kier molecular flexibility index (Phi) is 5.38. The van der Waals surface area contributed by atoms with E-state index >= 15 is 0 Å². The molecular formula is C19H20N2O5. The van der Waals surface area contributed by atoms with E-state index in [0.29, 0.717) is 47.0 Å². The van der Waals surface area contributed by atoms with Crippen molar-refractivity contribution in [2.75, 3.05) is 32.4 Å². The van der Waals surface area contributed by atoms with Gasteiger partial charge < -0.3 is 24.8 Å². The number of anilines is 1. The van der Waals surface area contributed by atoms with Crippen molar-refractivity contribution in [2.24, 2.45) is 0 Å². The molecule has 1 aliphatic rings. The first-order valence-corrected chi connectivity index (χ1v) is 8.18. The average Bonchev–Trinajstić information content (AvgIpc) is 3.11. The quantitative estimate of drug-likeness (QED) is 0.776. The summed E-state index contributed by atoms with van der Waals surface area (Å²) >= 11 is 0. The average molecular weight is 356 g/mol. The molecule has 0 spiro atoms. The smallest absolute Gasteiger partial charge is 0.255 e. The van der Waals surface area contributed by atoms with Crippen LogP contribution in [0.15, 0.2) is 36.4 Å². The minimum absolute atomic E-state index is 0.153. The Balaban J connectivity index is 1.74. The Morgan fingerprint density at radius 1 is 1.12 bits per heavy atom. The molecule has 0 bridgehead atoms. The van der Waals surface area contributed by atoms with Gasteiger partial charge in [0.1, 0.15) is 0 Å². The van der Waals surface area contributed by atoms with Gasteiger partial charge in [0, 0.05) is 30.5 Å². The maximum absolute atomic E-state index is 12.5. The van der Waals surface area contributed by atoms with Gasteiger partial charge in [0.25, 0.3) is 11.8 Å². The Morgan fingerprint density at radius 3 is 2.73 bits per heavy atom. The fraction of sp³-hybridized carbons (Fsp3) is 0.263. The van der Waals surface area contributed by atoms with E-state index in [9.17, 15) is 9.59 Å². The van der Waals surface area contributed by atoms with Crippen LogP contribution in [0.5, 0.6) is 11.5 Å². The topological polar surface area (TPSA) is 85.9 Å². The highest BCUT2D eigenvalue weighted by molar-refractivity contribution is 6.06. The zero-order valence-electron chi connectivity index (χ0n) is 14.6. The molecule has 7 heteroatoms. The van der Waals surface area contributed by atoms with E-state index in [0.717, 1.165) is 0 Å². The van der Waals surface area contributed by atoms with E-state index in [1.54, 1.807) is 50.4 Å². The molecule has 7 nitrogen and oxygen atoms in total. The zero-order valence-corrected chi connectivity index (χ0v) is 14.6. The number of rotatable bonds is 6. The van der Waals surface area contributed by atoms with E-state index in [1.165, 1.54) is 0 Å². The number of fused-ring (bicyclic) bond motifs is 1. The second-order valence-electron chi connectivity index (χ2n) is 5.75. The summed E-state index contributed by atoms with van der Waals surface area (Å²) in [5, 5.41) is 5.61. The van der Waals surface area contributed by atoms with Crippen LogP contribution in [0.2, 0.25) is 0 Å². The van der Waals surface area contributed by atoms with Crippen molar-refractivity contribution < 1.29 is 23.8 Å². The third kappa shape index (κ3) is 3.78. The minimum atomic E-state index is -0.289. The van der Waals surface area contributed by atoms with E-state index in [4.69, 9.17) is 14.2 Å². The molecule has 1 aliphatic heterocycles.